The van der Waals surface area contributed by atoms with E-state index in [4.69, 9.17) is 10.00 Å². The molecule has 0 aliphatic rings. The maximum absolute atomic E-state index is 14.4. The number of benzene rings is 3. The molecule has 2 amide bonds. The molecule has 3 rings (SSSR count). The molecule has 140 valence electrons. The van der Waals surface area contributed by atoms with Gasteiger partial charge in [-0.1, -0.05) is 36.4 Å². The highest BCUT2D eigenvalue weighted by Crippen LogP contribution is 2.31. The van der Waals surface area contributed by atoms with Gasteiger partial charge < -0.3 is 15.0 Å². The maximum atomic E-state index is 14.4. The number of nitrogens with zero attached hydrogens (tertiary/aromatic N) is 2. The number of urea groups is 1. The molecule has 5 nitrogen and oxygen atoms in total. The number of amides is 2. The van der Waals surface area contributed by atoms with Crippen LogP contribution in [0.1, 0.15) is 11.1 Å². The zero-order valence-electron chi connectivity index (χ0n) is 15.2. The van der Waals surface area contributed by atoms with Gasteiger partial charge in [-0.15, -0.1) is 0 Å². The number of nitriles is 1. The predicted octanol–water partition coefficient (Wildman–Crippen LogP) is 5.15. The molecule has 28 heavy (non-hydrogen) atoms. The van der Waals surface area contributed by atoms with Crippen molar-refractivity contribution in [1.29, 1.82) is 5.26 Å². The minimum absolute atomic E-state index is 0.0334. The summed E-state index contributed by atoms with van der Waals surface area (Å²) < 4.78 is 20.1. The van der Waals surface area contributed by atoms with Gasteiger partial charge in [-0.25, -0.2) is 9.18 Å². The van der Waals surface area contributed by atoms with Crippen LogP contribution in [0.5, 0.6) is 11.5 Å². The van der Waals surface area contributed by atoms with E-state index in [9.17, 15) is 9.18 Å². The lowest BCUT2D eigenvalue weighted by Gasteiger charge is -2.20. The largest absolute Gasteiger partial charge is 0.455 e. The van der Waals surface area contributed by atoms with Gasteiger partial charge in [-0.3, -0.25) is 0 Å². The highest BCUT2D eigenvalue weighted by atomic mass is 19.1. The molecule has 0 heterocycles. The molecule has 0 fully saturated rings. The van der Waals surface area contributed by atoms with E-state index in [1.54, 1.807) is 55.6 Å². The molecule has 6 heteroatoms. The number of hydrogen-bond donors (Lipinski definition) is 1. The highest BCUT2D eigenvalue weighted by Gasteiger charge is 2.16. The van der Waals surface area contributed by atoms with Crippen LogP contribution in [0.25, 0.3) is 0 Å². The van der Waals surface area contributed by atoms with Crippen molar-refractivity contribution in [3.63, 3.8) is 0 Å². The highest BCUT2D eigenvalue weighted by molar-refractivity contribution is 5.91. The first kappa shape index (κ1) is 18.9. The molecule has 0 bridgehead atoms. The number of carbonyl (C=O) groups excluding carboxylic acids is 1. The summed E-state index contributed by atoms with van der Waals surface area (Å²) in [5.74, 6) is 0.145. The number of rotatable bonds is 5. The summed E-state index contributed by atoms with van der Waals surface area (Å²) in [6.45, 7) is 0.269. The van der Waals surface area contributed by atoms with Crippen LogP contribution >= 0.6 is 0 Å². The van der Waals surface area contributed by atoms with Gasteiger partial charge in [0, 0.05) is 13.6 Å². The van der Waals surface area contributed by atoms with E-state index in [0.717, 1.165) is 5.56 Å². The number of anilines is 1. The molecule has 0 radical (unpaired) electrons. The van der Waals surface area contributed by atoms with Gasteiger partial charge >= 0.3 is 6.03 Å². The van der Waals surface area contributed by atoms with Crippen molar-refractivity contribution in [3.8, 4) is 17.6 Å². The fourth-order valence-electron chi connectivity index (χ4n) is 2.61. The number of ether oxygens (including phenoxy) is 1. The number of hydrogen-bond acceptors (Lipinski definition) is 3. The average Bonchev–Trinajstić information content (AvgIpc) is 2.71. The smallest absolute Gasteiger partial charge is 0.322 e. The molecule has 1 N–H and O–H groups in total. The molecule has 0 aromatic heterocycles. The Bertz CT molecular complexity index is 1020. The van der Waals surface area contributed by atoms with E-state index in [1.807, 2.05) is 12.1 Å². The fraction of sp³-hybridized carbons (Fsp3) is 0.0909. The van der Waals surface area contributed by atoms with Crippen LogP contribution < -0.4 is 10.1 Å². The third kappa shape index (κ3) is 4.65. The second-order valence-corrected chi connectivity index (χ2v) is 6.13. The Morgan fingerprint density at radius 2 is 1.86 bits per heavy atom. The zero-order valence-corrected chi connectivity index (χ0v) is 15.2. The Labute approximate surface area is 162 Å². The SMILES string of the molecule is CN(Cc1cccc(C#N)c1)C(=O)Nc1c(F)cccc1Oc1ccccc1. The van der Waals surface area contributed by atoms with E-state index >= 15 is 0 Å². The summed E-state index contributed by atoms with van der Waals surface area (Å²) >= 11 is 0. The number of carbonyl (C=O) groups is 1. The molecule has 0 saturated heterocycles. The Kier molecular flexibility index (Phi) is 5.87. The van der Waals surface area contributed by atoms with Crippen molar-refractivity contribution in [2.45, 2.75) is 6.54 Å². The Morgan fingerprint density at radius 1 is 1.11 bits per heavy atom. The average molecular weight is 375 g/mol. The Balaban J connectivity index is 1.75. The van der Waals surface area contributed by atoms with Crippen LogP contribution in [-0.4, -0.2) is 18.0 Å². The molecule has 0 unspecified atom stereocenters. The lowest BCUT2D eigenvalue weighted by atomic mass is 10.1. The quantitative estimate of drug-likeness (QED) is 0.670. The predicted molar refractivity (Wildman–Crippen MR) is 105 cm³/mol. The van der Waals surface area contributed by atoms with Crippen LogP contribution in [0.2, 0.25) is 0 Å². The van der Waals surface area contributed by atoms with Crippen molar-refractivity contribution in [1.82, 2.24) is 4.90 Å². The summed E-state index contributed by atoms with van der Waals surface area (Å²) in [4.78, 5) is 14.0. The fourth-order valence-corrected chi connectivity index (χ4v) is 2.61. The first-order valence-corrected chi connectivity index (χ1v) is 8.59. The van der Waals surface area contributed by atoms with Gasteiger partial charge in [0.15, 0.2) is 11.6 Å². The summed E-state index contributed by atoms with van der Waals surface area (Å²) in [6, 6.07) is 21.8. The summed E-state index contributed by atoms with van der Waals surface area (Å²) in [6.07, 6.45) is 0. The standard InChI is InChI=1S/C22H18FN3O2/c1-26(15-17-8-5-7-16(13-17)14-24)22(27)25-21-19(23)11-6-12-20(21)28-18-9-3-2-4-10-18/h2-13H,15H2,1H3,(H,25,27). The minimum Gasteiger partial charge on any atom is -0.455 e. The van der Waals surface area contributed by atoms with Crippen molar-refractivity contribution >= 4 is 11.7 Å². The van der Waals surface area contributed by atoms with Crippen LogP contribution in [0.4, 0.5) is 14.9 Å². The van der Waals surface area contributed by atoms with Crippen molar-refractivity contribution in [2.75, 3.05) is 12.4 Å². The lowest BCUT2D eigenvalue weighted by molar-refractivity contribution is 0.220. The molecule has 0 aliphatic heterocycles. The molecule has 0 spiro atoms. The van der Waals surface area contributed by atoms with Gasteiger partial charge in [0.05, 0.1) is 11.6 Å². The maximum Gasteiger partial charge on any atom is 0.322 e. The normalized spacial score (nSPS) is 10.0. The summed E-state index contributed by atoms with van der Waals surface area (Å²) in [7, 11) is 1.59. The van der Waals surface area contributed by atoms with E-state index in [0.29, 0.717) is 11.3 Å². The van der Waals surface area contributed by atoms with E-state index in [2.05, 4.69) is 11.4 Å². The molecule has 3 aromatic carbocycles. The molecule has 0 atom stereocenters. The number of halogens is 1. The van der Waals surface area contributed by atoms with Gasteiger partial charge in [0.1, 0.15) is 11.4 Å². The second kappa shape index (κ2) is 8.69. The van der Waals surface area contributed by atoms with Gasteiger partial charge in [-0.05, 0) is 42.0 Å². The van der Waals surface area contributed by atoms with Crippen LogP contribution in [-0.2, 0) is 6.54 Å². The third-order valence-electron chi connectivity index (χ3n) is 4.00. The summed E-state index contributed by atoms with van der Waals surface area (Å²) in [5.41, 5.74) is 1.28. The molecule has 3 aromatic rings. The second-order valence-electron chi connectivity index (χ2n) is 6.13. The van der Waals surface area contributed by atoms with Crippen LogP contribution in [0.3, 0.4) is 0 Å². The molecule has 0 saturated carbocycles. The number of nitrogens with one attached hydrogen (secondary N) is 1. The topological polar surface area (TPSA) is 65.4 Å². The summed E-state index contributed by atoms with van der Waals surface area (Å²) in [5, 5.41) is 11.6. The van der Waals surface area contributed by atoms with Gasteiger partial charge in [0.2, 0.25) is 0 Å². The molecular weight excluding hydrogens is 357 g/mol. The van der Waals surface area contributed by atoms with Gasteiger partial charge in [0.25, 0.3) is 0 Å². The van der Waals surface area contributed by atoms with Crippen molar-refractivity contribution in [2.24, 2.45) is 0 Å². The first-order valence-electron chi connectivity index (χ1n) is 8.59. The van der Waals surface area contributed by atoms with E-state index in [-0.39, 0.29) is 18.0 Å². The van der Waals surface area contributed by atoms with Crippen LogP contribution in [0.15, 0.2) is 72.8 Å². The van der Waals surface area contributed by atoms with Crippen molar-refractivity contribution < 1.29 is 13.9 Å². The van der Waals surface area contributed by atoms with E-state index in [1.165, 1.54) is 17.0 Å². The Morgan fingerprint density at radius 3 is 2.61 bits per heavy atom. The molecule has 0 aliphatic carbocycles. The van der Waals surface area contributed by atoms with Crippen LogP contribution in [0, 0.1) is 17.1 Å². The van der Waals surface area contributed by atoms with Crippen molar-refractivity contribution in [3.05, 3.63) is 89.7 Å². The molecular formula is C22H18FN3O2. The monoisotopic (exact) mass is 375 g/mol. The minimum atomic E-state index is -0.596. The lowest BCUT2D eigenvalue weighted by Crippen LogP contribution is -2.31. The zero-order chi connectivity index (χ0) is 19.9. The first-order chi connectivity index (χ1) is 13.6. The third-order valence-corrected chi connectivity index (χ3v) is 4.00. The van der Waals surface area contributed by atoms with E-state index < -0.39 is 11.8 Å². The number of para-hydroxylation sites is 2. The van der Waals surface area contributed by atoms with Gasteiger partial charge in [-0.2, -0.15) is 5.26 Å². The Hall–Kier alpha value is -3.85.